The van der Waals surface area contributed by atoms with Gasteiger partial charge in [-0.05, 0) is 20.3 Å². The normalized spacial score (nSPS) is 29.2. The largest absolute Gasteiger partial charge is 0.396 e. The molecule has 0 aliphatic carbocycles. The van der Waals surface area contributed by atoms with Crippen LogP contribution in [-0.4, -0.2) is 63.3 Å². The van der Waals surface area contributed by atoms with Crippen molar-refractivity contribution >= 4 is 5.78 Å². The molecule has 6 heteroatoms. The number of carbonyl (C=O) groups is 1. The van der Waals surface area contributed by atoms with Crippen molar-refractivity contribution in [2.45, 2.75) is 70.9 Å². The number of rotatable bonds is 12. The highest BCUT2D eigenvalue weighted by Gasteiger charge is 2.60. The van der Waals surface area contributed by atoms with E-state index in [0.717, 1.165) is 0 Å². The maximum absolute atomic E-state index is 11.5. The van der Waals surface area contributed by atoms with E-state index in [1.54, 1.807) is 6.92 Å². The standard InChI is InChI=1S/C19H34O6/c1-5-7-12(3)18-19(4,25-18)17(24)14(11-21)8-13(10-20)16(23)9-15(22)6-2/h5,7,12-14,16-18,20-21,23-24H,6,8-11H2,1-4H3/b7-5-/t12-,13+,14+,16-,17-,18+,19+/m0/s1. The Morgan fingerprint density at radius 2 is 1.84 bits per heavy atom. The van der Waals surface area contributed by atoms with E-state index in [4.69, 9.17) is 4.74 Å². The molecule has 0 saturated carbocycles. The first-order valence-electron chi connectivity index (χ1n) is 9.15. The number of epoxide rings is 1. The highest BCUT2D eigenvalue weighted by atomic mass is 16.6. The minimum atomic E-state index is -0.982. The first-order valence-corrected chi connectivity index (χ1v) is 9.15. The number of ketones is 1. The van der Waals surface area contributed by atoms with Crippen LogP contribution >= 0.6 is 0 Å². The molecule has 1 heterocycles. The van der Waals surface area contributed by atoms with Gasteiger partial charge in [0.15, 0.2) is 0 Å². The highest BCUT2D eigenvalue weighted by molar-refractivity contribution is 5.78. The molecule has 0 spiro atoms. The smallest absolute Gasteiger partial charge is 0.135 e. The van der Waals surface area contributed by atoms with Gasteiger partial charge in [0, 0.05) is 43.8 Å². The van der Waals surface area contributed by atoms with E-state index in [2.05, 4.69) is 0 Å². The molecule has 0 unspecified atom stereocenters. The molecule has 1 saturated heterocycles. The molecule has 1 aliphatic heterocycles. The molecular weight excluding hydrogens is 324 g/mol. The van der Waals surface area contributed by atoms with Crippen LogP contribution in [0.2, 0.25) is 0 Å². The van der Waals surface area contributed by atoms with Crippen LogP contribution in [-0.2, 0) is 9.53 Å². The van der Waals surface area contributed by atoms with Gasteiger partial charge in [-0.15, -0.1) is 0 Å². The van der Waals surface area contributed by atoms with Gasteiger partial charge in [0.2, 0.25) is 0 Å². The van der Waals surface area contributed by atoms with Gasteiger partial charge in [0.05, 0.1) is 18.3 Å². The minimum Gasteiger partial charge on any atom is -0.396 e. The summed E-state index contributed by atoms with van der Waals surface area (Å²) in [4.78, 5) is 11.5. The summed E-state index contributed by atoms with van der Waals surface area (Å²) in [5, 5.41) is 40.2. The zero-order valence-corrected chi connectivity index (χ0v) is 15.8. The first-order chi connectivity index (χ1) is 11.7. The number of aliphatic hydroxyl groups is 4. The Kier molecular flexibility index (Phi) is 8.71. The summed E-state index contributed by atoms with van der Waals surface area (Å²) in [7, 11) is 0. The van der Waals surface area contributed by atoms with Crippen LogP contribution < -0.4 is 0 Å². The molecule has 0 amide bonds. The van der Waals surface area contributed by atoms with Crippen molar-refractivity contribution < 1.29 is 30.0 Å². The van der Waals surface area contributed by atoms with Crippen molar-refractivity contribution in [1.82, 2.24) is 0 Å². The van der Waals surface area contributed by atoms with Crippen molar-refractivity contribution in [1.29, 1.82) is 0 Å². The fraction of sp³-hybridized carbons (Fsp3) is 0.842. The SMILES string of the molecule is C/C=C\[C@H](C)[C@H]1O[C@]1(C)[C@@H](O)[C@@H](CO)C[C@H](CO)[C@@H](O)CC(=O)CC. The Morgan fingerprint density at radius 3 is 2.32 bits per heavy atom. The third-order valence-corrected chi connectivity index (χ3v) is 5.35. The number of aliphatic hydroxyl groups excluding tert-OH is 4. The van der Waals surface area contributed by atoms with Crippen molar-refractivity contribution in [3.05, 3.63) is 12.2 Å². The summed E-state index contributed by atoms with van der Waals surface area (Å²) in [6.07, 6.45) is 2.44. The van der Waals surface area contributed by atoms with Crippen molar-refractivity contribution in [3.8, 4) is 0 Å². The number of ether oxygens (including phenoxy) is 1. The second-order valence-corrected chi connectivity index (χ2v) is 7.34. The van der Waals surface area contributed by atoms with Gasteiger partial charge in [0.25, 0.3) is 0 Å². The maximum atomic E-state index is 11.5. The van der Waals surface area contributed by atoms with Crippen LogP contribution in [0.4, 0.5) is 0 Å². The predicted octanol–water partition coefficient (Wildman–Crippen LogP) is 1.05. The lowest BCUT2D eigenvalue weighted by molar-refractivity contribution is -0.122. The lowest BCUT2D eigenvalue weighted by Crippen LogP contribution is -2.41. The fourth-order valence-corrected chi connectivity index (χ4v) is 3.57. The van der Waals surface area contributed by atoms with Crippen molar-refractivity contribution in [3.63, 3.8) is 0 Å². The van der Waals surface area contributed by atoms with Crippen molar-refractivity contribution in [2.24, 2.45) is 17.8 Å². The quantitative estimate of drug-likeness (QED) is 0.307. The van der Waals surface area contributed by atoms with Crippen LogP contribution in [0.1, 0.15) is 47.0 Å². The van der Waals surface area contributed by atoms with Gasteiger partial charge in [-0.2, -0.15) is 0 Å². The van der Waals surface area contributed by atoms with E-state index in [1.807, 2.05) is 32.9 Å². The van der Waals surface area contributed by atoms with Gasteiger partial charge >= 0.3 is 0 Å². The molecular formula is C19H34O6. The fourth-order valence-electron chi connectivity index (χ4n) is 3.57. The second-order valence-electron chi connectivity index (χ2n) is 7.34. The van der Waals surface area contributed by atoms with Gasteiger partial charge in [-0.3, -0.25) is 4.79 Å². The first kappa shape index (κ1) is 22.3. The van der Waals surface area contributed by atoms with Crippen LogP contribution in [0, 0.1) is 17.8 Å². The highest BCUT2D eigenvalue weighted by Crippen LogP contribution is 2.47. The summed E-state index contributed by atoms with van der Waals surface area (Å²) in [5.74, 6) is -1.05. The van der Waals surface area contributed by atoms with E-state index in [9.17, 15) is 25.2 Å². The Labute approximate surface area is 150 Å². The van der Waals surface area contributed by atoms with Crippen LogP contribution in [0.5, 0.6) is 0 Å². The summed E-state index contributed by atoms with van der Waals surface area (Å²) in [6.45, 7) is 6.88. The molecule has 1 fully saturated rings. The zero-order chi connectivity index (χ0) is 19.2. The monoisotopic (exact) mass is 358 g/mol. The van der Waals surface area contributed by atoms with E-state index in [-0.39, 0.29) is 43.9 Å². The molecule has 0 bridgehead atoms. The molecule has 7 atom stereocenters. The number of allylic oxidation sites excluding steroid dienone is 1. The predicted molar refractivity (Wildman–Crippen MR) is 95.0 cm³/mol. The molecule has 0 aromatic heterocycles. The Morgan fingerprint density at radius 1 is 1.24 bits per heavy atom. The summed E-state index contributed by atoms with van der Waals surface area (Å²) in [5.41, 5.74) is -0.753. The third-order valence-electron chi connectivity index (χ3n) is 5.35. The molecule has 146 valence electrons. The van der Waals surface area contributed by atoms with Crippen LogP contribution in [0.25, 0.3) is 0 Å². The van der Waals surface area contributed by atoms with Gasteiger partial charge < -0.3 is 25.2 Å². The Bertz CT molecular complexity index is 451. The maximum Gasteiger partial charge on any atom is 0.135 e. The molecule has 1 rings (SSSR count). The molecule has 4 N–H and O–H groups in total. The molecule has 0 aromatic carbocycles. The Balaban J connectivity index is 2.72. The number of hydrogen-bond acceptors (Lipinski definition) is 6. The second kappa shape index (κ2) is 9.78. The topological polar surface area (TPSA) is 111 Å². The number of hydrogen-bond donors (Lipinski definition) is 4. The van der Waals surface area contributed by atoms with E-state index in [0.29, 0.717) is 6.42 Å². The van der Waals surface area contributed by atoms with Gasteiger partial charge in [-0.1, -0.05) is 26.0 Å². The summed E-state index contributed by atoms with van der Waals surface area (Å²) < 4.78 is 5.73. The van der Waals surface area contributed by atoms with E-state index >= 15 is 0 Å². The zero-order valence-electron chi connectivity index (χ0n) is 15.8. The van der Waals surface area contributed by atoms with E-state index in [1.165, 1.54) is 0 Å². The minimum absolute atomic E-state index is 0.0231. The molecule has 0 radical (unpaired) electrons. The van der Waals surface area contributed by atoms with Gasteiger partial charge in [0.1, 0.15) is 11.4 Å². The molecule has 25 heavy (non-hydrogen) atoms. The number of Topliss-reactive ketones (excluding diaryl/α,β-unsaturated/α-hetero) is 1. The van der Waals surface area contributed by atoms with Gasteiger partial charge in [-0.25, -0.2) is 0 Å². The summed E-state index contributed by atoms with van der Waals surface area (Å²) in [6, 6.07) is 0. The third kappa shape index (κ3) is 5.59. The lowest BCUT2D eigenvalue weighted by atomic mass is 9.80. The van der Waals surface area contributed by atoms with Crippen molar-refractivity contribution in [2.75, 3.05) is 13.2 Å². The molecule has 0 aromatic rings. The lowest BCUT2D eigenvalue weighted by Gasteiger charge is -2.30. The average Bonchev–Trinajstić information content (AvgIpc) is 3.28. The molecule has 6 nitrogen and oxygen atoms in total. The molecule has 1 aliphatic rings. The Hall–Kier alpha value is -0.790. The summed E-state index contributed by atoms with van der Waals surface area (Å²) >= 11 is 0. The van der Waals surface area contributed by atoms with Crippen LogP contribution in [0.3, 0.4) is 0 Å². The van der Waals surface area contributed by atoms with E-state index < -0.39 is 29.6 Å². The number of carbonyl (C=O) groups excluding carboxylic acids is 1. The van der Waals surface area contributed by atoms with Crippen LogP contribution in [0.15, 0.2) is 12.2 Å². The average molecular weight is 358 g/mol.